The zero-order valence-corrected chi connectivity index (χ0v) is 13.0. The first-order chi connectivity index (χ1) is 10.7. The Morgan fingerprint density at radius 2 is 1.86 bits per heavy atom. The Kier molecular flexibility index (Phi) is 6.25. The van der Waals surface area contributed by atoms with E-state index in [9.17, 15) is 9.59 Å². The number of amides is 1. The third kappa shape index (κ3) is 4.76. The van der Waals surface area contributed by atoms with Crippen LogP contribution in [-0.2, 0) is 4.79 Å². The normalized spacial score (nSPS) is 12.8. The minimum atomic E-state index is -0.0676. The number of rotatable bonds is 8. The molecule has 1 heterocycles. The van der Waals surface area contributed by atoms with Crippen LogP contribution >= 0.6 is 0 Å². The van der Waals surface area contributed by atoms with E-state index in [0.29, 0.717) is 36.8 Å². The predicted molar refractivity (Wildman–Crippen MR) is 83.5 cm³/mol. The maximum atomic E-state index is 12.1. The van der Waals surface area contributed by atoms with Crippen molar-refractivity contribution in [1.82, 2.24) is 5.32 Å². The van der Waals surface area contributed by atoms with Crippen LogP contribution in [0.25, 0.3) is 0 Å². The molecule has 0 aliphatic carbocycles. The first-order valence-electron chi connectivity index (χ1n) is 7.90. The van der Waals surface area contributed by atoms with Gasteiger partial charge in [-0.25, -0.2) is 0 Å². The lowest BCUT2D eigenvalue weighted by molar-refractivity contribution is -0.121. The molecule has 0 unspecified atom stereocenters. The van der Waals surface area contributed by atoms with Crippen molar-refractivity contribution >= 4 is 11.7 Å². The molecule has 1 aromatic rings. The summed E-state index contributed by atoms with van der Waals surface area (Å²) in [4.78, 5) is 23.8. The lowest BCUT2D eigenvalue weighted by atomic mass is 10.1. The molecular weight excluding hydrogens is 282 g/mol. The number of carbonyl (C=O) groups is 2. The maximum Gasteiger partial charge on any atom is 0.220 e. The van der Waals surface area contributed by atoms with Crippen molar-refractivity contribution in [3.8, 4) is 11.5 Å². The third-order valence-corrected chi connectivity index (χ3v) is 3.55. The summed E-state index contributed by atoms with van der Waals surface area (Å²) in [5, 5.41) is 2.84. The molecule has 1 amide bonds. The van der Waals surface area contributed by atoms with Crippen LogP contribution < -0.4 is 14.8 Å². The summed E-state index contributed by atoms with van der Waals surface area (Å²) in [5.74, 6) is 1.14. The SMILES string of the molecule is CCCCCNC(=O)CCC(=O)c1ccc2c(c1)OCCO2. The molecule has 120 valence electrons. The minimum absolute atomic E-state index is 0.0549. The van der Waals surface area contributed by atoms with Crippen molar-refractivity contribution in [2.45, 2.75) is 39.0 Å². The number of ketones is 1. The topological polar surface area (TPSA) is 64.6 Å². The van der Waals surface area contributed by atoms with Gasteiger partial charge in [-0.3, -0.25) is 9.59 Å². The zero-order chi connectivity index (χ0) is 15.8. The number of unbranched alkanes of at least 4 members (excludes halogenated alkanes) is 2. The zero-order valence-electron chi connectivity index (χ0n) is 13.0. The van der Waals surface area contributed by atoms with Crippen LogP contribution in [0.15, 0.2) is 18.2 Å². The van der Waals surface area contributed by atoms with E-state index in [0.717, 1.165) is 19.3 Å². The molecule has 0 saturated carbocycles. The minimum Gasteiger partial charge on any atom is -0.486 e. The molecule has 5 heteroatoms. The number of nitrogens with one attached hydrogen (secondary N) is 1. The molecule has 1 aromatic carbocycles. The quantitative estimate of drug-likeness (QED) is 0.592. The van der Waals surface area contributed by atoms with Crippen molar-refractivity contribution in [1.29, 1.82) is 0 Å². The van der Waals surface area contributed by atoms with Gasteiger partial charge >= 0.3 is 0 Å². The Morgan fingerprint density at radius 1 is 1.09 bits per heavy atom. The molecule has 0 spiro atoms. The first kappa shape index (κ1) is 16.3. The first-order valence-corrected chi connectivity index (χ1v) is 7.90. The Labute approximate surface area is 131 Å². The lowest BCUT2D eigenvalue weighted by Gasteiger charge is -2.18. The molecule has 0 saturated heterocycles. The van der Waals surface area contributed by atoms with Crippen molar-refractivity contribution in [2.75, 3.05) is 19.8 Å². The van der Waals surface area contributed by atoms with Crippen LogP contribution in [0.1, 0.15) is 49.4 Å². The molecular formula is C17H23NO4. The van der Waals surface area contributed by atoms with Crippen molar-refractivity contribution < 1.29 is 19.1 Å². The molecule has 2 rings (SSSR count). The number of ether oxygens (including phenoxy) is 2. The highest BCUT2D eigenvalue weighted by atomic mass is 16.6. The Morgan fingerprint density at radius 3 is 2.64 bits per heavy atom. The van der Waals surface area contributed by atoms with E-state index >= 15 is 0 Å². The fourth-order valence-corrected chi connectivity index (χ4v) is 2.28. The van der Waals surface area contributed by atoms with Crippen molar-refractivity contribution in [3.05, 3.63) is 23.8 Å². The Hall–Kier alpha value is -2.04. The van der Waals surface area contributed by atoms with Gasteiger partial charge in [-0.2, -0.15) is 0 Å². The van der Waals surface area contributed by atoms with Crippen LogP contribution in [0.2, 0.25) is 0 Å². The summed E-state index contributed by atoms with van der Waals surface area (Å²) in [6.07, 6.45) is 3.64. The molecule has 5 nitrogen and oxygen atoms in total. The van der Waals surface area contributed by atoms with Gasteiger partial charge in [0.1, 0.15) is 13.2 Å². The van der Waals surface area contributed by atoms with Crippen LogP contribution in [0.5, 0.6) is 11.5 Å². The fourth-order valence-electron chi connectivity index (χ4n) is 2.28. The number of hydrogen-bond acceptors (Lipinski definition) is 4. The fraction of sp³-hybridized carbons (Fsp3) is 0.529. The molecule has 1 aliphatic rings. The average molecular weight is 305 g/mol. The number of benzene rings is 1. The second-order valence-corrected chi connectivity index (χ2v) is 5.34. The van der Waals surface area contributed by atoms with Gasteiger partial charge in [0.25, 0.3) is 0 Å². The Bertz CT molecular complexity index is 527. The third-order valence-electron chi connectivity index (χ3n) is 3.55. The van der Waals surface area contributed by atoms with E-state index in [-0.39, 0.29) is 24.5 Å². The van der Waals surface area contributed by atoms with Crippen molar-refractivity contribution in [3.63, 3.8) is 0 Å². The lowest BCUT2D eigenvalue weighted by Crippen LogP contribution is -2.24. The molecule has 1 aliphatic heterocycles. The van der Waals surface area contributed by atoms with E-state index in [1.807, 2.05) is 0 Å². The summed E-state index contributed by atoms with van der Waals surface area (Å²) in [6, 6.07) is 5.15. The van der Waals surface area contributed by atoms with Gasteiger partial charge in [0.15, 0.2) is 17.3 Å². The van der Waals surface area contributed by atoms with Gasteiger partial charge < -0.3 is 14.8 Å². The summed E-state index contributed by atoms with van der Waals surface area (Å²) < 4.78 is 10.9. The highest BCUT2D eigenvalue weighted by Gasteiger charge is 2.15. The molecule has 0 fully saturated rings. The van der Waals surface area contributed by atoms with E-state index in [2.05, 4.69) is 12.2 Å². The van der Waals surface area contributed by atoms with E-state index in [1.54, 1.807) is 18.2 Å². The number of Topliss-reactive ketones (excluding diaryl/α,β-unsaturated/α-hetero) is 1. The predicted octanol–water partition coefficient (Wildman–Crippen LogP) is 2.73. The summed E-state index contributed by atoms with van der Waals surface area (Å²) >= 11 is 0. The highest BCUT2D eigenvalue weighted by Crippen LogP contribution is 2.31. The number of fused-ring (bicyclic) bond motifs is 1. The van der Waals surface area contributed by atoms with Crippen LogP contribution in [0, 0.1) is 0 Å². The van der Waals surface area contributed by atoms with Gasteiger partial charge in [-0.15, -0.1) is 0 Å². The molecule has 22 heavy (non-hydrogen) atoms. The summed E-state index contributed by atoms with van der Waals surface area (Å²) in [7, 11) is 0. The monoisotopic (exact) mass is 305 g/mol. The van der Waals surface area contributed by atoms with Crippen LogP contribution in [0.4, 0.5) is 0 Å². The molecule has 0 radical (unpaired) electrons. The summed E-state index contributed by atoms with van der Waals surface area (Å²) in [6.45, 7) is 3.82. The molecule has 0 bridgehead atoms. The van der Waals surface area contributed by atoms with Gasteiger partial charge in [0.05, 0.1) is 0 Å². The summed E-state index contributed by atoms with van der Waals surface area (Å²) in [5.41, 5.74) is 0.558. The second kappa shape index (κ2) is 8.41. The molecule has 0 aromatic heterocycles. The van der Waals surface area contributed by atoms with Gasteiger partial charge in [-0.05, 0) is 24.6 Å². The number of carbonyl (C=O) groups excluding carboxylic acids is 2. The second-order valence-electron chi connectivity index (χ2n) is 5.34. The number of hydrogen-bond donors (Lipinski definition) is 1. The standard InChI is InChI=1S/C17H23NO4/c1-2-3-4-9-18-17(20)8-6-14(19)13-5-7-15-16(12-13)22-11-10-21-15/h5,7,12H,2-4,6,8-11H2,1H3,(H,18,20). The molecule has 0 atom stereocenters. The van der Waals surface area contributed by atoms with Gasteiger partial charge in [0.2, 0.25) is 5.91 Å². The largest absolute Gasteiger partial charge is 0.486 e. The van der Waals surface area contributed by atoms with Crippen LogP contribution in [0.3, 0.4) is 0 Å². The molecule has 1 N–H and O–H groups in total. The highest BCUT2D eigenvalue weighted by molar-refractivity contribution is 5.98. The van der Waals surface area contributed by atoms with Crippen molar-refractivity contribution in [2.24, 2.45) is 0 Å². The van der Waals surface area contributed by atoms with Crippen LogP contribution in [-0.4, -0.2) is 31.4 Å². The van der Waals surface area contributed by atoms with Gasteiger partial charge in [-0.1, -0.05) is 19.8 Å². The maximum absolute atomic E-state index is 12.1. The van der Waals surface area contributed by atoms with E-state index < -0.39 is 0 Å². The Balaban J connectivity index is 1.78. The van der Waals surface area contributed by atoms with Gasteiger partial charge in [0, 0.05) is 24.9 Å². The van der Waals surface area contributed by atoms with E-state index in [4.69, 9.17) is 9.47 Å². The smallest absolute Gasteiger partial charge is 0.220 e. The average Bonchev–Trinajstić information content (AvgIpc) is 2.56. The van der Waals surface area contributed by atoms with E-state index in [1.165, 1.54) is 0 Å².